The molecule has 124 valence electrons. The maximum Gasteiger partial charge on any atom is 0.303 e. The van der Waals surface area contributed by atoms with Gasteiger partial charge in [0.15, 0.2) is 0 Å². The van der Waals surface area contributed by atoms with Gasteiger partial charge < -0.3 is 14.9 Å². The second kappa shape index (κ2) is 10.9. The Labute approximate surface area is 133 Å². The van der Waals surface area contributed by atoms with Gasteiger partial charge in [0.1, 0.15) is 11.5 Å². The van der Waals surface area contributed by atoms with E-state index in [9.17, 15) is 9.90 Å². The van der Waals surface area contributed by atoms with E-state index in [1.54, 1.807) is 6.07 Å². The molecule has 0 saturated heterocycles. The summed E-state index contributed by atoms with van der Waals surface area (Å²) in [5, 5.41) is 18.5. The van der Waals surface area contributed by atoms with Crippen LogP contribution < -0.4 is 4.74 Å². The van der Waals surface area contributed by atoms with Gasteiger partial charge >= 0.3 is 5.97 Å². The molecule has 22 heavy (non-hydrogen) atoms. The topological polar surface area (TPSA) is 66.8 Å². The standard InChI is InChI=1S/C18H28O4/c1-2-3-4-6-9-15-11-12-16(14-17(15)19)22-13-8-5-7-10-18(20)21/h11-12,14,19H,2-10,13H2,1H3,(H,20,21). The molecule has 1 aromatic rings. The van der Waals surface area contributed by atoms with Crippen LogP contribution in [0.15, 0.2) is 18.2 Å². The number of aryl methyl sites for hydroxylation is 1. The number of aliphatic carboxylic acids is 1. The molecule has 0 aliphatic heterocycles. The van der Waals surface area contributed by atoms with E-state index in [0.717, 1.165) is 31.2 Å². The van der Waals surface area contributed by atoms with Gasteiger partial charge in [-0.1, -0.05) is 32.3 Å². The van der Waals surface area contributed by atoms with Crippen LogP contribution in [0.3, 0.4) is 0 Å². The lowest BCUT2D eigenvalue weighted by Gasteiger charge is -2.09. The lowest BCUT2D eigenvalue weighted by molar-refractivity contribution is -0.137. The number of carboxylic acids is 1. The first-order valence-corrected chi connectivity index (χ1v) is 8.30. The van der Waals surface area contributed by atoms with Crippen LogP contribution in [0, 0.1) is 0 Å². The summed E-state index contributed by atoms with van der Waals surface area (Å²) in [7, 11) is 0. The number of phenolic OH excluding ortho intramolecular Hbond substituents is 1. The van der Waals surface area contributed by atoms with E-state index in [-0.39, 0.29) is 6.42 Å². The number of phenols is 1. The maximum atomic E-state index is 10.4. The number of benzene rings is 1. The van der Waals surface area contributed by atoms with Crippen molar-refractivity contribution in [2.45, 2.75) is 64.7 Å². The quantitative estimate of drug-likeness (QED) is 0.556. The molecule has 1 rings (SSSR count). The van der Waals surface area contributed by atoms with Crippen LogP contribution in [-0.2, 0) is 11.2 Å². The number of carboxylic acid groups (broad SMARTS) is 1. The first-order valence-electron chi connectivity index (χ1n) is 8.30. The van der Waals surface area contributed by atoms with E-state index < -0.39 is 5.97 Å². The molecule has 4 heteroatoms. The van der Waals surface area contributed by atoms with Crippen molar-refractivity contribution >= 4 is 5.97 Å². The number of carbonyl (C=O) groups is 1. The molecule has 0 saturated carbocycles. The number of aromatic hydroxyl groups is 1. The fourth-order valence-electron chi connectivity index (χ4n) is 2.33. The third-order valence-electron chi connectivity index (χ3n) is 3.66. The summed E-state index contributed by atoms with van der Waals surface area (Å²) in [5.74, 6) is 0.230. The molecule has 0 aromatic heterocycles. The van der Waals surface area contributed by atoms with Gasteiger partial charge in [0.05, 0.1) is 6.61 Å². The van der Waals surface area contributed by atoms with Crippen molar-refractivity contribution in [3.05, 3.63) is 23.8 Å². The Morgan fingerprint density at radius 1 is 1.09 bits per heavy atom. The lowest BCUT2D eigenvalue weighted by Crippen LogP contribution is -1.99. The second-order valence-corrected chi connectivity index (χ2v) is 5.65. The zero-order valence-corrected chi connectivity index (χ0v) is 13.5. The summed E-state index contributed by atoms with van der Waals surface area (Å²) in [6.45, 7) is 2.74. The van der Waals surface area contributed by atoms with Gasteiger partial charge in [0, 0.05) is 12.5 Å². The highest BCUT2D eigenvalue weighted by atomic mass is 16.5. The van der Waals surface area contributed by atoms with Crippen molar-refractivity contribution in [2.75, 3.05) is 6.61 Å². The Morgan fingerprint density at radius 2 is 1.86 bits per heavy atom. The summed E-state index contributed by atoms with van der Waals surface area (Å²) >= 11 is 0. The Balaban J connectivity index is 2.25. The summed E-state index contributed by atoms with van der Waals surface area (Å²) in [4.78, 5) is 10.4. The van der Waals surface area contributed by atoms with Crippen molar-refractivity contribution < 1.29 is 19.7 Å². The predicted molar refractivity (Wildman–Crippen MR) is 87.6 cm³/mol. The van der Waals surface area contributed by atoms with Crippen LogP contribution in [-0.4, -0.2) is 22.8 Å². The van der Waals surface area contributed by atoms with Crippen LogP contribution in [0.2, 0.25) is 0 Å². The average molecular weight is 308 g/mol. The Hall–Kier alpha value is -1.71. The fraction of sp³-hybridized carbons (Fsp3) is 0.611. The van der Waals surface area contributed by atoms with E-state index in [2.05, 4.69) is 6.92 Å². The molecule has 0 amide bonds. The molecule has 2 N–H and O–H groups in total. The molecule has 0 radical (unpaired) electrons. The van der Waals surface area contributed by atoms with Gasteiger partial charge in [0.2, 0.25) is 0 Å². The number of ether oxygens (including phenoxy) is 1. The van der Waals surface area contributed by atoms with Crippen molar-refractivity contribution in [1.82, 2.24) is 0 Å². The minimum Gasteiger partial charge on any atom is -0.508 e. The van der Waals surface area contributed by atoms with Gasteiger partial charge in [-0.15, -0.1) is 0 Å². The molecular weight excluding hydrogens is 280 g/mol. The largest absolute Gasteiger partial charge is 0.508 e. The summed E-state index contributed by atoms with van der Waals surface area (Å²) in [6, 6.07) is 5.50. The zero-order valence-electron chi connectivity index (χ0n) is 13.5. The molecule has 0 bridgehead atoms. The summed E-state index contributed by atoms with van der Waals surface area (Å²) in [6.07, 6.45) is 8.22. The molecule has 0 unspecified atom stereocenters. The van der Waals surface area contributed by atoms with Crippen molar-refractivity contribution in [3.8, 4) is 11.5 Å². The highest BCUT2D eigenvalue weighted by molar-refractivity contribution is 5.66. The fourth-order valence-corrected chi connectivity index (χ4v) is 2.33. The van der Waals surface area contributed by atoms with Crippen LogP contribution >= 0.6 is 0 Å². The monoisotopic (exact) mass is 308 g/mol. The van der Waals surface area contributed by atoms with E-state index in [1.807, 2.05) is 12.1 Å². The van der Waals surface area contributed by atoms with Gasteiger partial charge in [-0.25, -0.2) is 0 Å². The van der Waals surface area contributed by atoms with E-state index in [1.165, 1.54) is 19.3 Å². The highest BCUT2D eigenvalue weighted by Gasteiger charge is 2.04. The third-order valence-corrected chi connectivity index (χ3v) is 3.66. The minimum atomic E-state index is -0.750. The maximum absolute atomic E-state index is 10.4. The van der Waals surface area contributed by atoms with Crippen LogP contribution in [0.25, 0.3) is 0 Å². The van der Waals surface area contributed by atoms with Crippen LogP contribution in [0.1, 0.15) is 63.9 Å². The molecule has 1 aromatic carbocycles. The van der Waals surface area contributed by atoms with Crippen LogP contribution in [0.4, 0.5) is 0 Å². The molecule has 4 nitrogen and oxygen atoms in total. The van der Waals surface area contributed by atoms with Gasteiger partial charge in [0.25, 0.3) is 0 Å². The molecule has 0 heterocycles. The van der Waals surface area contributed by atoms with Gasteiger partial charge in [-0.05, 0) is 43.7 Å². The minimum absolute atomic E-state index is 0.216. The number of rotatable bonds is 12. The van der Waals surface area contributed by atoms with E-state index in [4.69, 9.17) is 9.84 Å². The van der Waals surface area contributed by atoms with Crippen molar-refractivity contribution in [2.24, 2.45) is 0 Å². The number of hydrogen-bond donors (Lipinski definition) is 2. The molecule has 0 aliphatic rings. The van der Waals surface area contributed by atoms with Crippen LogP contribution in [0.5, 0.6) is 11.5 Å². The van der Waals surface area contributed by atoms with E-state index in [0.29, 0.717) is 24.5 Å². The number of hydrogen-bond acceptors (Lipinski definition) is 3. The summed E-state index contributed by atoms with van der Waals surface area (Å²) in [5.41, 5.74) is 0.977. The smallest absolute Gasteiger partial charge is 0.303 e. The highest BCUT2D eigenvalue weighted by Crippen LogP contribution is 2.25. The van der Waals surface area contributed by atoms with Gasteiger partial charge in [-0.3, -0.25) is 4.79 Å². The SMILES string of the molecule is CCCCCCc1ccc(OCCCCCC(=O)O)cc1O. The third kappa shape index (κ3) is 7.91. The Kier molecular flexibility index (Phi) is 9.12. The molecule has 0 aliphatic carbocycles. The second-order valence-electron chi connectivity index (χ2n) is 5.65. The van der Waals surface area contributed by atoms with Gasteiger partial charge in [-0.2, -0.15) is 0 Å². The molecule has 0 fully saturated rings. The lowest BCUT2D eigenvalue weighted by atomic mass is 10.1. The molecule has 0 atom stereocenters. The summed E-state index contributed by atoms with van der Waals surface area (Å²) < 4.78 is 5.58. The zero-order chi connectivity index (χ0) is 16.2. The Morgan fingerprint density at radius 3 is 2.55 bits per heavy atom. The number of unbranched alkanes of at least 4 members (excludes halogenated alkanes) is 5. The first kappa shape index (κ1) is 18.3. The van der Waals surface area contributed by atoms with Crippen molar-refractivity contribution in [1.29, 1.82) is 0 Å². The Bertz CT molecular complexity index is 443. The molecular formula is C18H28O4. The average Bonchev–Trinajstić information content (AvgIpc) is 2.48. The first-order chi connectivity index (χ1) is 10.6. The predicted octanol–water partition coefficient (Wildman–Crippen LogP) is 4.54. The van der Waals surface area contributed by atoms with Crippen molar-refractivity contribution in [3.63, 3.8) is 0 Å². The molecule has 0 spiro atoms. The van der Waals surface area contributed by atoms with E-state index >= 15 is 0 Å². The normalized spacial score (nSPS) is 10.6.